The number of hydrogen-bond donors (Lipinski definition) is 2. The fraction of sp³-hybridized carbons (Fsp3) is 0.259. The lowest BCUT2D eigenvalue weighted by atomic mass is 9.98. The maximum Gasteiger partial charge on any atom is 0.416 e. The number of benzene rings is 3. The molecule has 12 heteroatoms. The van der Waals surface area contributed by atoms with Crippen LogP contribution in [0.2, 0.25) is 0 Å². The van der Waals surface area contributed by atoms with Gasteiger partial charge in [-0.3, -0.25) is 4.79 Å². The standard InChI is InChI=1S/C27H26F3NO6S2/c1-2-36-26(38)31-22-13-18(12-21(15-22)27(28,29)30)16-37-23-8-10-24(11-9-23)39(34,35)17-20(14-25(32)33)19-6-4-3-5-7-19/h3-13,15,20H,2,14,16-17H2,1H3,(H,31,38)(H,32,33)/t20-/m0/s1. The van der Waals surface area contributed by atoms with Gasteiger partial charge in [-0.05, 0) is 72.7 Å². The molecule has 39 heavy (non-hydrogen) atoms. The molecule has 2 N–H and O–H groups in total. The maximum absolute atomic E-state index is 13.4. The van der Waals surface area contributed by atoms with Crippen molar-refractivity contribution in [3.8, 4) is 5.75 Å². The molecule has 0 spiro atoms. The Hall–Kier alpha value is -3.64. The highest BCUT2D eigenvalue weighted by Crippen LogP contribution is 2.33. The summed E-state index contributed by atoms with van der Waals surface area (Å²) in [6, 6.07) is 17.2. The van der Waals surface area contributed by atoms with Gasteiger partial charge in [0.2, 0.25) is 0 Å². The Morgan fingerprint density at radius 2 is 1.72 bits per heavy atom. The van der Waals surface area contributed by atoms with Crippen LogP contribution in [-0.2, 0) is 32.2 Å². The zero-order valence-corrected chi connectivity index (χ0v) is 22.4. The van der Waals surface area contributed by atoms with Crippen LogP contribution in [-0.4, -0.2) is 37.0 Å². The number of rotatable bonds is 11. The van der Waals surface area contributed by atoms with Crippen molar-refractivity contribution in [1.82, 2.24) is 0 Å². The SMILES string of the molecule is CCOC(=S)Nc1cc(COc2ccc(S(=O)(=O)C[C@H](CC(=O)O)c3ccccc3)cc2)cc(C(F)(F)F)c1. The van der Waals surface area contributed by atoms with Crippen molar-refractivity contribution < 1.29 is 41.0 Å². The number of carboxylic acid groups (broad SMARTS) is 1. The Morgan fingerprint density at radius 1 is 1.05 bits per heavy atom. The predicted molar refractivity (Wildman–Crippen MR) is 144 cm³/mol. The molecule has 0 bridgehead atoms. The van der Waals surface area contributed by atoms with Crippen LogP contribution in [0.3, 0.4) is 0 Å². The van der Waals surface area contributed by atoms with Crippen LogP contribution >= 0.6 is 12.2 Å². The molecule has 0 aliphatic heterocycles. The summed E-state index contributed by atoms with van der Waals surface area (Å²) in [4.78, 5) is 11.3. The maximum atomic E-state index is 13.4. The number of aliphatic carboxylic acids is 1. The largest absolute Gasteiger partial charge is 0.489 e. The first-order valence-corrected chi connectivity index (χ1v) is 13.8. The van der Waals surface area contributed by atoms with Crippen molar-refractivity contribution in [1.29, 1.82) is 0 Å². The van der Waals surface area contributed by atoms with Crippen LogP contribution in [0, 0.1) is 0 Å². The van der Waals surface area contributed by atoms with Gasteiger partial charge in [-0.15, -0.1) is 0 Å². The summed E-state index contributed by atoms with van der Waals surface area (Å²) >= 11 is 4.95. The average molecular weight is 582 g/mol. The molecule has 0 heterocycles. The predicted octanol–water partition coefficient (Wildman–Crippen LogP) is 6.05. The van der Waals surface area contributed by atoms with E-state index in [1.807, 2.05) is 0 Å². The monoisotopic (exact) mass is 581 g/mol. The Balaban J connectivity index is 1.74. The van der Waals surface area contributed by atoms with Gasteiger partial charge in [-0.25, -0.2) is 8.42 Å². The molecule has 3 aromatic rings. The third kappa shape index (κ3) is 8.96. The number of thiocarbonyl (C=S) groups is 1. The molecule has 0 saturated carbocycles. The molecule has 0 aliphatic carbocycles. The molecular formula is C27H26F3NO6S2. The Kier molecular flexibility index (Phi) is 9.92. The second-order valence-electron chi connectivity index (χ2n) is 8.51. The van der Waals surface area contributed by atoms with Gasteiger partial charge >= 0.3 is 12.1 Å². The number of alkyl halides is 3. The Labute approximate surface area is 229 Å². The highest BCUT2D eigenvalue weighted by Gasteiger charge is 2.31. The molecule has 0 amide bonds. The summed E-state index contributed by atoms with van der Waals surface area (Å²) in [6.45, 7) is 1.70. The first-order chi connectivity index (χ1) is 18.4. The van der Waals surface area contributed by atoms with E-state index in [0.717, 1.165) is 12.1 Å². The van der Waals surface area contributed by atoms with E-state index in [4.69, 9.17) is 21.7 Å². The van der Waals surface area contributed by atoms with Crippen molar-refractivity contribution in [2.45, 2.75) is 36.9 Å². The summed E-state index contributed by atoms with van der Waals surface area (Å²) in [5.74, 6) is -2.04. The van der Waals surface area contributed by atoms with Gasteiger partial charge in [0.25, 0.3) is 5.17 Å². The van der Waals surface area contributed by atoms with Crippen LogP contribution in [0.25, 0.3) is 0 Å². The lowest BCUT2D eigenvalue weighted by Gasteiger charge is -2.16. The van der Waals surface area contributed by atoms with Gasteiger partial charge in [0.15, 0.2) is 9.84 Å². The summed E-state index contributed by atoms with van der Waals surface area (Å²) in [6.07, 6.45) is -4.96. The average Bonchev–Trinajstić information content (AvgIpc) is 2.87. The zero-order chi connectivity index (χ0) is 28.6. The Bertz CT molecular complexity index is 1400. The van der Waals surface area contributed by atoms with Crippen LogP contribution in [0.15, 0.2) is 77.7 Å². The molecule has 3 aromatic carbocycles. The third-order valence-corrected chi connectivity index (χ3v) is 7.59. The van der Waals surface area contributed by atoms with E-state index >= 15 is 0 Å². The molecule has 208 valence electrons. The van der Waals surface area contributed by atoms with Gasteiger partial charge in [0.05, 0.1) is 29.2 Å². The number of halogens is 3. The van der Waals surface area contributed by atoms with Crippen LogP contribution in [0.1, 0.15) is 36.0 Å². The van der Waals surface area contributed by atoms with E-state index < -0.39 is 39.2 Å². The van der Waals surface area contributed by atoms with E-state index in [1.54, 1.807) is 37.3 Å². The highest BCUT2D eigenvalue weighted by molar-refractivity contribution is 7.91. The minimum Gasteiger partial charge on any atom is -0.489 e. The lowest BCUT2D eigenvalue weighted by Crippen LogP contribution is -2.18. The second-order valence-corrected chi connectivity index (χ2v) is 10.9. The fourth-order valence-corrected chi connectivity index (χ4v) is 5.60. The molecule has 3 rings (SSSR count). The van der Waals surface area contributed by atoms with Gasteiger partial charge in [-0.2, -0.15) is 13.2 Å². The van der Waals surface area contributed by atoms with E-state index in [0.29, 0.717) is 5.56 Å². The molecule has 0 saturated heterocycles. The van der Waals surface area contributed by atoms with E-state index in [1.165, 1.54) is 30.3 Å². The fourth-order valence-electron chi connectivity index (χ4n) is 3.78. The number of anilines is 1. The van der Waals surface area contributed by atoms with E-state index in [2.05, 4.69) is 5.32 Å². The molecule has 0 fully saturated rings. The van der Waals surface area contributed by atoms with Crippen molar-refractivity contribution >= 4 is 38.9 Å². The Morgan fingerprint density at radius 3 is 2.31 bits per heavy atom. The smallest absolute Gasteiger partial charge is 0.416 e. The summed E-state index contributed by atoms with van der Waals surface area (Å²) < 4.78 is 76.9. The van der Waals surface area contributed by atoms with Gasteiger partial charge < -0.3 is 19.9 Å². The number of hydrogen-bond acceptors (Lipinski definition) is 6. The van der Waals surface area contributed by atoms with Gasteiger partial charge in [0, 0.05) is 11.6 Å². The molecule has 0 radical (unpaired) electrons. The van der Waals surface area contributed by atoms with Crippen molar-refractivity contribution in [2.24, 2.45) is 0 Å². The first kappa shape index (κ1) is 29.9. The number of ether oxygens (including phenoxy) is 2. The van der Waals surface area contributed by atoms with Crippen LogP contribution < -0.4 is 10.1 Å². The topological polar surface area (TPSA) is 102 Å². The van der Waals surface area contributed by atoms with Crippen molar-refractivity contribution in [2.75, 3.05) is 17.7 Å². The normalized spacial score (nSPS) is 12.4. The molecule has 7 nitrogen and oxygen atoms in total. The summed E-state index contributed by atoms with van der Waals surface area (Å²) in [5.41, 5.74) is -0.0260. The molecule has 0 aliphatic rings. The number of carbonyl (C=O) groups is 1. The van der Waals surface area contributed by atoms with E-state index in [9.17, 15) is 31.5 Å². The molecule has 1 atom stereocenters. The van der Waals surface area contributed by atoms with Crippen LogP contribution in [0.5, 0.6) is 5.75 Å². The molecule has 0 aromatic heterocycles. The molecule has 0 unspecified atom stereocenters. The third-order valence-electron chi connectivity index (χ3n) is 5.54. The first-order valence-electron chi connectivity index (χ1n) is 11.7. The minimum absolute atomic E-state index is 0.0313. The lowest BCUT2D eigenvalue weighted by molar-refractivity contribution is -0.138. The summed E-state index contributed by atoms with van der Waals surface area (Å²) in [5, 5.41) is 11.8. The van der Waals surface area contributed by atoms with Gasteiger partial charge in [-0.1, -0.05) is 30.3 Å². The quantitative estimate of drug-likeness (QED) is 0.264. The van der Waals surface area contributed by atoms with Gasteiger partial charge in [0.1, 0.15) is 12.4 Å². The number of sulfone groups is 1. The van der Waals surface area contributed by atoms with Crippen molar-refractivity contribution in [3.05, 3.63) is 89.5 Å². The number of carboxylic acids is 1. The van der Waals surface area contributed by atoms with E-state index in [-0.39, 0.29) is 46.7 Å². The second kappa shape index (κ2) is 12.9. The molecular weight excluding hydrogens is 555 g/mol. The zero-order valence-electron chi connectivity index (χ0n) is 20.8. The van der Waals surface area contributed by atoms with Crippen molar-refractivity contribution in [3.63, 3.8) is 0 Å². The van der Waals surface area contributed by atoms with Crippen LogP contribution in [0.4, 0.5) is 18.9 Å². The summed E-state index contributed by atoms with van der Waals surface area (Å²) in [7, 11) is -3.86. The number of nitrogens with one attached hydrogen (secondary N) is 1. The highest BCUT2D eigenvalue weighted by atomic mass is 32.2. The minimum atomic E-state index is -4.60.